The van der Waals surface area contributed by atoms with Crippen LogP contribution in [0.25, 0.3) is 0 Å². The van der Waals surface area contributed by atoms with Crippen LogP contribution in [0.2, 0.25) is 0 Å². The zero-order valence-corrected chi connectivity index (χ0v) is 22.7. The molecule has 9 nitrogen and oxygen atoms in total. The van der Waals surface area contributed by atoms with Crippen molar-refractivity contribution in [1.29, 1.82) is 0 Å². The van der Waals surface area contributed by atoms with E-state index in [1.54, 1.807) is 6.08 Å². The third kappa shape index (κ3) is 8.91. The molecule has 0 fully saturated rings. The largest absolute Gasteiger partial charge is 0.462 e. The van der Waals surface area contributed by atoms with E-state index < -0.39 is 54.4 Å². The molecule has 0 unspecified atom stereocenters. The van der Waals surface area contributed by atoms with E-state index in [1.807, 2.05) is 26.8 Å². The summed E-state index contributed by atoms with van der Waals surface area (Å²) in [4.78, 5) is 47.8. The first-order valence-corrected chi connectivity index (χ1v) is 12.3. The molecule has 1 heterocycles. The number of esters is 4. The molecule has 0 aromatic rings. The van der Waals surface area contributed by atoms with Crippen molar-refractivity contribution in [2.75, 3.05) is 0 Å². The minimum Gasteiger partial charge on any atom is -0.462 e. The van der Waals surface area contributed by atoms with Gasteiger partial charge in [0.2, 0.25) is 6.29 Å². The minimum absolute atomic E-state index is 0.284. The molecule has 6 atom stereocenters. The van der Waals surface area contributed by atoms with Crippen LogP contribution in [0.15, 0.2) is 47.3 Å². The zero-order chi connectivity index (χ0) is 27.9. The highest BCUT2D eigenvalue weighted by atomic mass is 16.7. The van der Waals surface area contributed by atoms with Gasteiger partial charge in [0.05, 0.1) is 12.2 Å². The summed E-state index contributed by atoms with van der Waals surface area (Å²) in [5.41, 5.74) is 3.08. The molecule has 0 saturated heterocycles. The lowest BCUT2D eigenvalue weighted by Crippen LogP contribution is -2.45. The molecule has 0 saturated carbocycles. The van der Waals surface area contributed by atoms with Crippen LogP contribution >= 0.6 is 0 Å². The molecular formula is C28H38O9. The number of fused-ring (bicyclic) bond motifs is 1. The fraction of sp³-hybridized carbons (Fsp3) is 0.571. The lowest BCUT2D eigenvalue weighted by Gasteiger charge is -2.41. The molecule has 0 N–H and O–H groups in total. The fourth-order valence-electron chi connectivity index (χ4n) is 4.81. The summed E-state index contributed by atoms with van der Waals surface area (Å²) >= 11 is 0. The topological polar surface area (TPSA) is 114 Å². The van der Waals surface area contributed by atoms with Gasteiger partial charge in [0.1, 0.15) is 6.10 Å². The smallest absolute Gasteiger partial charge is 0.305 e. The van der Waals surface area contributed by atoms with Crippen LogP contribution in [0.3, 0.4) is 0 Å². The monoisotopic (exact) mass is 518 g/mol. The highest BCUT2D eigenvalue weighted by Crippen LogP contribution is 2.44. The SMILES string of the molecule is C=C1C[C@H](OC(C)=O)/C=C(\C)CC[C@H]2C([C@@H](OC(C)=O)[C@@H](C=C(C)C)OC(C)=O)=CO[C@H](OC(C)=O)[C@@H]12. The Hall–Kier alpha value is -3.36. The number of carbonyl (C=O) groups is 4. The first-order chi connectivity index (χ1) is 17.3. The van der Waals surface area contributed by atoms with Gasteiger partial charge >= 0.3 is 23.9 Å². The van der Waals surface area contributed by atoms with Gasteiger partial charge in [-0.3, -0.25) is 19.2 Å². The average Bonchev–Trinajstić information content (AvgIpc) is 2.79. The van der Waals surface area contributed by atoms with Crippen LogP contribution in [0.5, 0.6) is 0 Å². The standard InChI is InChI=1S/C28H38O9/c1-15(2)11-25(35-19(6)30)27(36-20(7)31)24-14-33-28(37-21(8)32)26-17(4)13-22(34-18(5)29)12-16(3)9-10-23(24)26/h11-12,14,22-23,25-28H,4,9-10,13H2,1-3,5-8H3/b16-12+/t22-,23+,25-,26+,27-,28-/m1/s1. The fourth-order valence-corrected chi connectivity index (χ4v) is 4.81. The summed E-state index contributed by atoms with van der Waals surface area (Å²) in [5, 5.41) is 0. The first kappa shape index (κ1) is 29.9. The van der Waals surface area contributed by atoms with E-state index in [9.17, 15) is 19.2 Å². The number of carbonyl (C=O) groups excluding carboxylic acids is 4. The van der Waals surface area contributed by atoms with Gasteiger partial charge in [0, 0.05) is 45.6 Å². The molecular weight excluding hydrogens is 480 g/mol. The van der Waals surface area contributed by atoms with E-state index in [0.29, 0.717) is 24.0 Å². The number of hydrogen-bond donors (Lipinski definition) is 0. The van der Waals surface area contributed by atoms with Crippen LogP contribution in [0.4, 0.5) is 0 Å². The van der Waals surface area contributed by atoms with Gasteiger partial charge in [-0.25, -0.2) is 0 Å². The molecule has 1 aliphatic carbocycles. The maximum absolute atomic E-state index is 12.2. The molecule has 2 rings (SSSR count). The van der Waals surface area contributed by atoms with Gasteiger partial charge < -0.3 is 23.7 Å². The van der Waals surface area contributed by atoms with Gasteiger partial charge in [-0.05, 0) is 45.8 Å². The zero-order valence-electron chi connectivity index (χ0n) is 22.7. The summed E-state index contributed by atoms with van der Waals surface area (Å²) in [5.74, 6) is -2.93. The lowest BCUT2D eigenvalue weighted by molar-refractivity contribution is -0.182. The van der Waals surface area contributed by atoms with E-state index in [0.717, 1.165) is 11.1 Å². The van der Waals surface area contributed by atoms with Crippen molar-refractivity contribution in [2.24, 2.45) is 11.8 Å². The van der Waals surface area contributed by atoms with Gasteiger partial charge in [-0.1, -0.05) is 23.3 Å². The van der Waals surface area contributed by atoms with Crippen molar-refractivity contribution in [3.8, 4) is 0 Å². The van der Waals surface area contributed by atoms with Crippen LogP contribution in [0, 0.1) is 11.8 Å². The maximum atomic E-state index is 12.2. The molecule has 1 aliphatic heterocycles. The van der Waals surface area contributed by atoms with Crippen molar-refractivity contribution >= 4 is 23.9 Å². The number of rotatable bonds is 7. The highest BCUT2D eigenvalue weighted by Gasteiger charge is 2.46. The molecule has 0 aromatic carbocycles. The number of ether oxygens (including phenoxy) is 5. The highest BCUT2D eigenvalue weighted by molar-refractivity contribution is 5.68. The Morgan fingerprint density at radius 3 is 2.14 bits per heavy atom. The maximum Gasteiger partial charge on any atom is 0.305 e. The third-order valence-electron chi connectivity index (χ3n) is 6.07. The van der Waals surface area contributed by atoms with Gasteiger partial charge in [0.25, 0.3) is 0 Å². The quantitative estimate of drug-likeness (QED) is 0.273. The average molecular weight is 519 g/mol. The summed E-state index contributed by atoms with van der Waals surface area (Å²) in [6.07, 6.45) is 3.09. The molecule has 0 aromatic heterocycles. The molecule has 2 aliphatic rings. The number of hydrogen-bond acceptors (Lipinski definition) is 9. The Morgan fingerprint density at radius 1 is 0.973 bits per heavy atom. The summed E-state index contributed by atoms with van der Waals surface area (Å²) < 4.78 is 28.2. The molecule has 0 bridgehead atoms. The van der Waals surface area contributed by atoms with E-state index in [4.69, 9.17) is 23.7 Å². The van der Waals surface area contributed by atoms with E-state index >= 15 is 0 Å². The Bertz CT molecular complexity index is 999. The van der Waals surface area contributed by atoms with E-state index in [2.05, 4.69) is 6.58 Å². The van der Waals surface area contributed by atoms with Crippen LogP contribution in [0.1, 0.15) is 67.7 Å². The van der Waals surface area contributed by atoms with Crippen molar-refractivity contribution in [2.45, 2.75) is 92.3 Å². The van der Waals surface area contributed by atoms with Gasteiger partial charge in [-0.2, -0.15) is 0 Å². The predicted octanol–water partition coefficient (Wildman–Crippen LogP) is 4.47. The molecule has 204 valence electrons. The van der Waals surface area contributed by atoms with Crippen molar-refractivity contribution in [3.05, 3.63) is 47.3 Å². The van der Waals surface area contributed by atoms with Crippen LogP contribution < -0.4 is 0 Å². The van der Waals surface area contributed by atoms with Crippen LogP contribution in [-0.4, -0.2) is 48.5 Å². The Balaban J connectivity index is 2.63. The Labute approximate surface area is 218 Å². The molecule has 37 heavy (non-hydrogen) atoms. The van der Waals surface area contributed by atoms with E-state index in [1.165, 1.54) is 34.0 Å². The number of allylic oxidation sites excluding steroid dienone is 2. The van der Waals surface area contributed by atoms with Gasteiger partial charge in [0.15, 0.2) is 12.2 Å². The second kappa shape index (κ2) is 13.3. The normalized spacial score (nSPS) is 26.5. The van der Waals surface area contributed by atoms with Gasteiger partial charge in [-0.15, -0.1) is 0 Å². The lowest BCUT2D eigenvalue weighted by atomic mass is 9.74. The predicted molar refractivity (Wildman–Crippen MR) is 135 cm³/mol. The van der Waals surface area contributed by atoms with Crippen molar-refractivity contribution in [3.63, 3.8) is 0 Å². The van der Waals surface area contributed by atoms with E-state index in [-0.39, 0.29) is 12.3 Å². The van der Waals surface area contributed by atoms with Crippen molar-refractivity contribution < 1.29 is 42.9 Å². The molecule has 0 amide bonds. The third-order valence-corrected chi connectivity index (χ3v) is 6.07. The molecule has 9 heteroatoms. The second-order valence-electron chi connectivity index (χ2n) is 9.77. The summed E-state index contributed by atoms with van der Waals surface area (Å²) in [6.45, 7) is 15.1. The molecule has 0 radical (unpaired) electrons. The summed E-state index contributed by atoms with van der Waals surface area (Å²) in [7, 11) is 0. The Morgan fingerprint density at radius 2 is 1.59 bits per heavy atom. The Kier molecular flexibility index (Phi) is 10.7. The first-order valence-electron chi connectivity index (χ1n) is 12.3. The summed E-state index contributed by atoms with van der Waals surface area (Å²) in [6, 6.07) is 0. The van der Waals surface area contributed by atoms with Crippen LogP contribution in [-0.2, 0) is 42.9 Å². The second-order valence-corrected chi connectivity index (χ2v) is 9.77. The molecule has 0 spiro atoms. The van der Waals surface area contributed by atoms with Crippen molar-refractivity contribution in [1.82, 2.24) is 0 Å². The minimum atomic E-state index is -0.983.